The number of carbonyl (C=O) groups is 1. The molecule has 0 unspecified atom stereocenters. The summed E-state index contributed by atoms with van der Waals surface area (Å²) in [7, 11) is -3.82. The Morgan fingerprint density at radius 1 is 1.17 bits per heavy atom. The van der Waals surface area contributed by atoms with Gasteiger partial charge in [0.1, 0.15) is 0 Å². The Bertz CT molecular complexity index is 690. The SMILES string of the molecule is Cc1ccc(S(=O)(=O)OC2CCC(C(=O)O)(C(C)(C)C)CC2)cc1. The highest BCUT2D eigenvalue weighted by Crippen LogP contribution is 2.50. The normalized spacial score (nSPS) is 25.4. The minimum absolute atomic E-state index is 0.138. The third-order valence-electron chi connectivity index (χ3n) is 5.20. The number of hydrogen-bond acceptors (Lipinski definition) is 4. The molecule has 5 nitrogen and oxygen atoms in total. The van der Waals surface area contributed by atoms with E-state index in [1.54, 1.807) is 12.1 Å². The zero-order valence-electron chi connectivity index (χ0n) is 14.7. The molecule has 0 bridgehead atoms. The second-order valence-corrected chi connectivity index (χ2v) is 9.27. The molecule has 0 radical (unpaired) electrons. The molecule has 6 heteroatoms. The van der Waals surface area contributed by atoms with E-state index in [0.717, 1.165) is 5.56 Å². The van der Waals surface area contributed by atoms with Crippen LogP contribution in [0, 0.1) is 17.8 Å². The van der Waals surface area contributed by atoms with Crippen molar-refractivity contribution in [2.75, 3.05) is 0 Å². The summed E-state index contributed by atoms with van der Waals surface area (Å²) in [5, 5.41) is 9.69. The lowest BCUT2D eigenvalue weighted by Gasteiger charge is -2.45. The standard InChI is InChI=1S/C18H26O5S/c1-13-5-7-15(8-6-13)24(21,22)23-14-9-11-18(12-10-14,16(19)20)17(2,3)4/h5-8,14H,9-12H2,1-4H3,(H,19,20). The highest BCUT2D eigenvalue weighted by Gasteiger charge is 2.51. The lowest BCUT2D eigenvalue weighted by molar-refractivity contribution is -0.161. The van der Waals surface area contributed by atoms with Crippen LogP contribution in [0.3, 0.4) is 0 Å². The second kappa shape index (κ2) is 6.48. The summed E-state index contributed by atoms with van der Waals surface area (Å²) < 4.78 is 30.1. The first-order valence-electron chi connectivity index (χ1n) is 8.21. The van der Waals surface area contributed by atoms with Gasteiger partial charge in [-0.1, -0.05) is 38.5 Å². The smallest absolute Gasteiger partial charge is 0.310 e. The fourth-order valence-electron chi connectivity index (χ4n) is 3.40. The number of aliphatic carboxylic acids is 1. The van der Waals surface area contributed by atoms with Crippen molar-refractivity contribution in [2.24, 2.45) is 10.8 Å². The van der Waals surface area contributed by atoms with E-state index in [-0.39, 0.29) is 10.3 Å². The number of aryl methyl sites for hydroxylation is 1. The van der Waals surface area contributed by atoms with Crippen molar-refractivity contribution in [3.8, 4) is 0 Å². The van der Waals surface area contributed by atoms with Gasteiger partial charge in [-0.05, 0) is 50.2 Å². The average Bonchev–Trinajstić information content (AvgIpc) is 2.46. The predicted molar refractivity (Wildman–Crippen MR) is 91.2 cm³/mol. The molecule has 1 saturated carbocycles. The number of hydrogen-bond donors (Lipinski definition) is 1. The zero-order valence-corrected chi connectivity index (χ0v) is 15.5. The highest BCUT2D eigenvalue weighted by atomic mass is 32.2. The topological polar surface area (TPSA) is 80.7 Å². The summed E-state index contributed by atoms with van der Waals surface area (Å²) in [5.41, 5.74) is -0.247. The summed E-state index contributed by atoms with van der Waals surface area (Å²) in [5.74, 6) is -0.810. The van der Waals surface area contributed by atoms with Crippen molar-refractivity contribution < 1.29 is 22.5 Å². The van der Waals surface area contributed by atoms with Crippen LogP contribution in [-0.4, -0.2) is 25.6 Å². The van der Waals surface area contributed by atoms with E-state index >= 15 is 0 Å². The van der Waals surface area contributed by atoms with Gasteiger partial charge in [-0.15, -0.1) is 0 Å². The quantitative estimate of drug-likeness (QED) is 0.833. The van der Waals surface area contributed by atoms with Crippen LogP contribution in [0.1, 0.15) is 52.0 Å². The molecule has 0 aliphatic heterocycles. The van der Waals surface area contributed by atoms with Crippen molar-refractivity contribution in [1.29, 1.82) is 0 Å². The van der Waals surface area contributed by atoms with Crippen molar-refractivity contribution in [1.82, 2.24) is 0 Å². The van der Waals surface area contributed by atoms with Crippen LogP contribution >= 0.6 is 0 Å². The number of carboxylic acids is 1. The molecule has 1 aliphatic carbocycles. The molecule has 0 atom stereocenters. The minimum Gasteiger partial charge on any atom is -0.481 e. The average molecular weight is 354 g/mol. The largest absolute Gasteiger partial charge is 0.481 e. The minimum atomic E-state index is -3.82. The molecule has 1 fully saturated rings. The maximum Gasteiger partial charge on any atom is 0.310 e. The lowest BCUT2D eigenvalue weighted by atomic mass is 9.59. The lowest BCUT2D eigenvalue weighted by Crippen LogP contribution is -2.47. The van der Waals surface area contributed by atoms with Gasteiger partial charge in [-0.2, -0.15) is 8.42 Å². The first kappa shape index (κ1) is 18.9. The van der Waals surface area contributed by atoms with Crippen molar-refractivity contribution >= 4 is 16.1 Å². The molecule has 24 heavy (non-hydrogen) atoms. The molecule has 0 amide bonds. The molecule has 1 aromatic rings. The van der Waals surface area contributed by atoms with E-state index in [4.69, 9.17) is 4.18 Å². The van der Waals surface area contributed by atoms with E-state index in [1.807, 2.05) is 27.7 Å². The van der Waals surface area contributed by atoms with E-state index in [0.29, 0.717) is 25.7 Å². The number of benzene rings is 1. The summed E-state index contributed by atoms with van der Waals surface area (Å²) in [4.78, 5) is 11.9. The summed E-state index contributed by atoms with van der Waals surface area (Å²) in [6.45, 7) is 7.65. The molecule has 0 heterocycles. The number of carboxylic acid groups (broad SMARTS) is 1. The summed E-state index contributed by atoms with van der Waals surface area (Å²) in [6.07, 6.45) is 1.22. The van der Waals surface area contributed by atoms with Gasteiger partial charge in [0, 0.05) is 0 Å². The fraction of sp³-hybridized carbons (Fsp3) is 0.611. The van der Waals surface area contributed by atoms with Crippen molar-refractivity contribution in [2.45, 2.75) is 64.4 Å². The van der Waals surface area contributed by atoms with Gasteiger partial charge in [-0.25, -0.2) is 0 Å². The molecule has 1 N–H and O–H groups in total. The molecule has 0 aromatic heterocycles. The van der Waals surface area contributed by atoms with Gasteiger partial charge >= 0.3 is 5.97 Å². The van der Waals surface area contributed by atoms with Gasteiger partial charge in [-0.3, -0.25) is 8.98 Å². The Hall–Kier alpha value is -1.40. The van der Waals surface area contributed by atoms with E-state index < -0.39 is 27.6 Å². The van der Waals surface area contributed by atoms with E-state index in [9.17, 15) is 18.3 Å². The van der Waals surface area contributed by atoms with Crippen LogP contribution in [0.4, 0.5) is 0 Å². The van der Waals surface area contributed by atoms with Gasteiger partial charge < -0.3 is 5.11 Å². The molecular weight excluding hydrogens is 328 g/mol. The third kappa shape index (κ3) is 3.64. The van der Waals surface area contributed by atoms with Crippen LogP contribution in [0.2, 0.25) is 0 Å². The van der Waals surface area contributed by atoms with Gasteiger partial charge in [0.15, 0.2) is 0 Å². The van der Waals surface area contributed by atoms with Crippen molar-refractivity contribution in [3.05, 3.63) is 29.8 Å². The molecule has 0 saturated heterocycles. The van der Waals surface area contributed by atoms with Gasteiger partial charge in [0.05, 0.1) is 16.4 Å². The first-order valence-corrected chi connectivity index (χ1v) is 9.62. The van der Waals surface area contributed by atoms with Gasteiger partial charge in [0.25, 0.3) is 10.1 Å². The Kier molecular flexibility index (Phi) is 5.11. The number of rotatable bonds is 4. The maximum atomic E-state index is 12.4. The molecule has 1 aliphatic rings. The van der Waals surface area contributed by atoms with Crippen LogP contribution in [-0.2, 0) is 19.1 Å². The van der Waals surface area contributed by atoms with E-state index in [2.05, 4.69) is 0 Å². The Balaban J connectivity index is 2.10. The first-order chi connectivity index (χ1) is 11.0. The van der Waals surface area contributed by atoms with Crippen LogP contribution in [0.15, 0.2) is 29.2 Å². The Morgan fingerprint density at radius 3 is 2.08 bits per heavy atom. The molecule has 1 aromatic carbocycles. The van der Waals surface area contributed by atoms with Crippen LogP contribution in [0.25, 0.3) is 0 Å². The molecular formula is C18H26O5S. The maximum absolute atomic E-state index is 12.4. The Morgan fingerprint density at radius 2 is 1.67 bits per heavy atom. The predicted octanol–water partition coefficient (Wildman–Crippen LogP) is 3.76. The van der Waals surface area contributed by atoms with E-state index in [1.165, 1.54) is 12.1 Å². The monoisotopic (exact) mass is 354 g/mol. The fourth-order valence-corrected chi connectivity index (χ4v) is 4.54. The summed E-state index contributed by atoms with van der Waals surface area (Å²) >= 11 is 0. The second-order valence-electron chi connectivity index (χ2n) is 7.70. The van der Waals surface area contributed by atoms with Gasteiger partial charge in [0.2, 0.25) is 0 Å². The third-order valence-corrected chi connectivity index (χ3v) is 6.58. The Labute approximate surface area is 144 Å². The van der Waals surface area contributed by atoms with Crippen molar-refractivity contribution in [3.63, 3.8) is 0 Å². The molecule has 2 rings (SSSR count). The highest BCUT2D eigenvalue weighted by molar-refractivity contribution is 7.86. The summed E-state index contributed by atoms with van der Waals surface area (Å²) in [6, 6.07) is 6.52. The zero-order chi connectivity index (χ0) is 18.2. The van der Waals surface area contributed by atoms with Crippen LogP contribution < -0.4 is 0 Å². The molecule has 0 spiro atoms. The molecule has 134 valence electrons. The van der Waals surface area contributed by atoms with Crippen LogP contribution in [0.5, 0.6) is 0 Å².